The Bertz CT molecular complexity index is 954. The molecule has 0 aliphatic rings. The monoisotopic (exact) mass is 382 g/mol. The minimum absolute atomic E-state index is 0.0254. The summed E-state index contributed by atoms with van der Waals surface area (Å²) in [5, 5.41) is 2.89. The summed E-state index contributed by atoms with van der Waals surface area (Å²) in [5.74, 6) is -1.42. The Kier molecular flexibility index (Phi) is 4.60. The quantitative estimate of drug-likeness (QED) is 0.521. The van der Waals surface area contributed by atoms with Crippen LogP contribution >= 0.6 is 11.3 Å². The molecule has 0 saturated heterocycles. The van der Waals surface area contributed by atoms with Crippen LogP contribution in [0.4, 0.5) is 34.2 Å². The highest BCUT2D eigenvalue weighted by atomic mass is 32.1. The summed E-state index contributed by atoms with van der Waals surface area (Å²) in [5.41, 5.74) is 4.77. The number of hydrogen-bond donors (Lipinski definition) is 2. The summed E-state index contributed by atoms with van der Waals surface area (Å²) in [4.78, 5) is 19.7. The van der Waals surface area contributed by atoms with Gasteiger partial charge in [-0.25, -0.2) is 14.4 Å². The minimum atomic E-state index is -4.54. The van der Waals surface area contributed by atoms with E-state index >= 15 is 0 Å². The van der Waals surface area contributed by atoms with Crippen molar-refractivity contribution >= 4 is 33.8 Å². The zero-order valence-corrected chi connectivity index (χ0v) is 13.7. The van der Waals surface area contributed by atoms with Crippen LogP contribution in [0, 0.1) is 5.82 Å². The summed E-state index contributed by atoms with van der Waals surface area (Å²) in [7, 11) is 0. The third kappa shape index (κ3) is 3.64. The van der Waals surface area contributed by atoms with Gasteiger partial charge >= 0.3 is 6.18 Å². The van der Waals surface area contributed by atoms with Crippen LogP contribution < -0.4 is 11.1 Å². The Morgan fingerprint density at radius 2 is 1.88 bits per heavy atom. The Morgan fingerprint density at radius 1 is 1.15 bits per heavy atom. The number of rotatable bonds is 4. The maximum absolute atomic E-state index is 13.8. The first-order chi connectivity index (χ1) is 12.3. The predicted octanol–water partition coefficient (Wildman–Crippen LogP) is 4.25. The fourth-order valence-electron chi connectivity index (χ4n) is 2.07. The van der Waals surface area contributed by atoms with Gasteiger partial charge in [-0.15, -0.1) is 0 Å². The van der Waals surface area contributed by atoms with Crippen molar-refractivity contribution in [2.24, 2.45) is 0 Å². The van der Waals surface area contributed by atoms with Crippen molar-refractivity contribution in [3.8, 4) is 0 Å². The van der Waals surface area contributed by atoms with Gasteiger partial charge in [0.05, 0.1) is 17.4 Å². The number of aromatic nitrogens is 2. The van der Waals surface area contributed by atoms with Gasteiger partial charge in [-0.2, -0.15) is 13.2 Å². The lowest BCUT2D eigenvalue weighted by Gasteiger charge is -2.06. The molecule has 0 bridgehead atoms. The Morgan fingerprint density at radius 3 is 2.50 bits per heavy atom. The maximum atomic E-state index is 13.8. The molecule has 0 saturated carbocycles. The van der Waals surface area contributed by atoms with Crippen LogP contribution in [0.25, 0.3) is 0 Å². The van der Waals surface area contributed by atoms with Gasteiger partial charge in [0.2, 0.25) is 5.78 Å². The summed E-state index contributed by atoms with van der Waals surface area (Å²) in [6.45, 7) is 0. The number of carbonyl (C=O) groups excluding carboxylic acids is 1. The van der Waals surface area contributed by atoms with E-state index in [1.807, 2.05) is 0 Å². The number of pyridine rings is 1. The fraction of sp³-hybridized carbons (Fsp3) is 0.0625. The lowest BCUT2D eigenvalue weighted by molar-refractivity contribution is -0.141. The van der Waals surface area contributed by atoms with E-state index < -0.39 is 23.5 Å². The van der Waals surface area contributed by atoms with Crippen molar-refractivity contribution < 1.29 is 22.4 Å². The normalized spacial score (nSPS) is 11.4. The van der Waals surface area contributed by atoms with E-state index in [-0.39, 0.29) is 27.1 Å². The number of anilines is 3. The van der Waals surface area contributed by atoms with Gasteiger partial charge in [0.1, 0.15) is 22.2 Å². The molecule has 1 aromatic carbocycles. The third-order valence-corrected chi connectivity index (χ3v) is 4.27. The van der Waals surface area contributed by atoms with Gasteiger partial charge < -0.3 is 11.1 Å². The van der Waals surface area contributed by atoms with E-state index in [1.54, 1.807) is 0 Å². The van der Waals surface area contributed by atoms with Gasteiger partial charge in [-0.05, 0) is 24.3 Å². The molecule has 0 aliphatic heterocycles. The lowest BCUT2D eigenvalue weighted by atomic mass is 10.1. The Labute approximate surface area is 148 Å². The van der Waals surface area contributed by atoms with Crippen LogP contribution in [-0.2, 0) is 6.18 Å². The lowest BCUT2D eigenvalue weighted by Crippen LogP contribution is -2.07. The number of thiazole rings is 1. The summed E-state index contributed by atoms with van der Waals surface area (Å²) < 4.78 is 51.3. The number of carbonyl (C=O) groups is 1. The second-order valence-electron chi connectivity index (χ2n) is 5.10. The third-order valence-electron chi connectivity index (χ3n) is 3.28. The number of hydrogen-bond acceptors (Lipinski definition) is 6. The Balaban J connectivity index is 1.82. The van der Waals surface area contributed by atoms with Crippen molar-refractivity contribution in [3.05, 3.63) is 64.5 Å². The molecule has 0 amide bonds. The number of nitrogens with zero attached hydrogens (tertiary/aromatic N) is 2. The number of halogens is 4. The molecule has 2 aromatic heterocycles. The molecule has 3 N–H and O–H groups in total. The number of nitrogens with two attached hydrogens (primary N) is 1. The molecule has 0 unspecified atom stereocenters. The SMILES string of the molecule is Nc1nc(Nc2ccc(C(F)(F)F)nc2)sc1C(=O)c1ccccc1F. The number of alkyl halides is 3. The first-order valence-corrected chi connectivity index (χ1v) is 7.93. The van der Waals surface area contributed by atoms with Crippen molar-refractivity contribution in [1.29, 1.82) is 0 Å². The summed E-state index contributed by atoms with van der Waals surface area (Å²) in [6.07, 6.45) is -3.55. The molecule has 134 valence electrons. The van der Waals surface area contributed by atoms with Gasteiger partial charge in [0.25, 0.3) is 0 Å². The average Bonchev–Trinajstić information content (AvgIpc) is 2.94. The summed E-state index contributed by atoms with van der Waals surface area (Å²) in [6, 6.07) is 7.42. The zero-order valence-electron chi connectivity index (χ0n) is 12.8. The molecule has 0 fully saturated rings. The fourth-order valence-corrected chi connectivity index (χ4v) is 2.93. The van der Waals surface area contributed by atoms with Crippen LogP contribution in [0.2, 0.25) is 0 Å². The average molecular weight is 382 g/mol. The van der Waals surface area contributed by atoms with Gasteiger partial charge in [0, 0.05) is 0 Å². The number of nitrogen functional groups attached to an aromatic ring is 1. The van der Waals surface area contributed by atoms with Crippen LogP contribution in [0.3, 0.4) is 0 Å². The molecular weight excluding hydrogens is 372 g/mol. The van der Waals surface area contributed by atoms with Crippen LogP contribution in [0.5, 0.6) is 0 Å². The molecule has 0 radical (unpaired) electrons. The summed E-state index contributed by atoms with van der Waals surface area (Å²) >= 11 is 0.862. The highest BCUT2D eigenvalue weighted by molar-refractivity contribution is 7.18. The second kappa shape index (κ2) is 6.71. The number of nitrogens with one attached hydrogen (secondary N) is 1. The van der Waals surface area contributed by atoms with Gasteiger partial charge in [-0.1, -0.05) is 23.5 Å². The van der Waals surface area contributed by atoms with Crippen molar-refractivity contribution in [1.82, 2.24) is 9.97 Å². The molecule has 3 rings (SSSR count). The van der Waals surface area contributed by atoms with Crippen molar-refractivity contribution in [2.75, 3.05) is 11.1 Å². The molecule has 3 aromatic rings. The van der Waals surface area contributed by atoms with E-state index in [2.05, 4.69) is 15.3 Å². The molecule has 26 heavy (non-hydrogen) atoms. The smallest absolute Gasteiger partial charge is 0.382 e. The first kappa shape index (κ1) is 17.8. The molecule has 0 atom stereocenters. The highest BCUT2D eigenvalue weighted by Gasteiger charge is 2.32. The van der Waals surface area contributed by atoms with Gasteiger partial charge in [0.15, 0.2) is 5.13 Å². The van der Waals surface area contributed by atoms with E-state index in [1.165, 1.54) is 24.3 Å². The molecule has 10 heteroatoms. The molecule has 2 heterocycles. The second-order valence-corrected chi connectivity index (χ2v) is 6.10. The Hall–Kier alpha value is -3.01. The number of ketones is 1. The standard InChI is InChI=1S/C16H10F4N4OS/c17-10-4-2-1-3-9(10)12(25)13-14(21)24-15(26-13)23-8-5-6-11(22-7-8)16(18,19)20/h1-7H,21H2,(H,23,24). The van der Waals surface area contributed by atoms with Crippen LogP contribution in [-0.4, -0.2) is 15.8 Å². The molecule has 0 spiro atoms. The predicted molar refractivity (Wildman–Crippen MR) is 88.9 cm³/mol. The first-order valence-electron chi connectivity index (χ1n) is 7.11. The largest absolute Gasteiger partial charge is 0.433 e. The maximum Gasteiger partial charge on any atom is 0.433 e. The van der Waals surface area contributed by atoms with Crippen molar-refractivity contribution in [3.63, 3.8) is 0 Å². The van der Waals surface area contributed by atoms with Gasteiger partial charge in [-0.3, -0.25) is 4.79 Å². The molecule has 5 nitrogen and oxygen atoms in total. The molecular formula is C16H10F4N4OS. The topological polar surface area (TPSA) is 80.9 Å². The van der Waals surface area contributed by atoms with Crippen LogP contribution in [0.1, 0.15) is 20.9 Å². The number of benzene rings is 1. The van der Waals surface area contributed by atoms with E-state index in [0.717, 1.165) is 29.7 Å². The van der Waals surface area contributed by atoms with Crippen LogP contribution in [0.15, 0.2) is 42.6 Å². The van der Waals surface area contributed by atoms with E-state index in [4.69, 9.17) is 5.73 Å². The molecule has 0 aliphatic carbocycles. The van der Waals surface area contributed by atoms with E-state index in [9.17, 15) is 22.4 Å². The minimum Gasteiger partial charge on any atom is -0.382 e. The highest BCUT2D eigenvalue weighted by Crippen LogP contribution is 2.31. The van der Waals surface area contributed by atoms with E-state index in [0.29, 0.717) is 0 Å². The zero-order chi connectivity index (χ0) is 18.9. The van der Waals surface area contributed by atoms with Crippen molar-refractivity contribution in [2.45, 2.75) is 6.18 Å².